The number of nitro benzene ring substituents is 1. The smallest absolute Gasteiger partial charge is 0.273 e. The average Bonchev–Trinajstić information content (AvgIpc) is 3.24. The Balaban J connectivity index is 1.55. The molecular formula is C25H24N4O4. The monoisotopic (exact) mass is 444 g/mol. The number of aromatic nitrogens is 1. The highest BCUT2D eigenvalue weighted by Crippen LogP contribution is 2.28. The van der Waals surface area contributed by atoms with E-state index in [1.165, 1.54) is 6.07 Å². The van der Waals surface area contributed by atoms with Crippen LogP contribution in [-0.2, 0) is 0 Å². The number of hydrogen-bond donors (Lipinski definition) is 1. The molecule has 8 nitrogen and oxygen atoms in total. The molecule has 0 spiro atoms. The SMILES string of the molecule is CCN(CC)c1ccc(-c2nc3cc(NC(=O)c4ccc(C)c([N+](=O)[O-])c4)ccc3o2)cc1. The summed E-state index contributed by atoms with van der Waals surface area (Å²) in [6, 6.07) is 17.6. The van der Waals surface area contributed by atoms with Crippen LogP contribution in [0.3, 0.4) is 0 Å². The van der Waals surface area contributed by atoms with E-state index >= 15 is 0 Å². The lowest BCUT2D eigenvalue weighted by Gasteiger charge is -2.20. The topological polar surface area (TPSA) is 102 Å². The molecule has 0 bridgehead atoms. The normalized spacial score (nSPS) is 10.9. The molecular weight excluding hydrogens is 420 g/mol. The van der Waals surface area contributed by atoms with E-state index in [0.29, 0.717) is 28.2 Å². The molecule has 0 saturated carbocycles. The van der Waals surface area contributed by atoms with Crippen LogP contribution in [0.15, 0.2) is 65.1 Å². The number of amides is 1. The highest BCUT2D eigenvalue weighted by atomic mass is 16.6. The lowest BCUT2D eigenvalue weighted by molar-refractivity contribution is -0.385. The van der Waals surface area contributed by atoms with Crippen molar-refractivity contribution in [1.82, 2.24) is 4.98 Å². The molecule has 4 aromatic rings. The number of carbonyl (C=O) groups excluding carboxylic acids is 1. The zero-order chi connectivity index (χ0) is 23.5. The van der Waals surface area contributed by atoms with E-state index in [9.17, 15) is 14.9 Å². The van der Waals surface area contributed by atoms with Crippen molar-refractivity contribution in [2.75, 3.05) is 23.3 Å². The van der Waals surface area contributed by atoms with Crippen molar-refractivity contribution < 1.29 is 14.1 Å². The maximum absolute atomic E-state index is 12.6. The van der Waals surface area contributed by atoms with Gasteiger partial charge in [0.15, 0.2) is 5.58 Å². The lowest BCUT2D eigenvalue weighted by Crippen LogP contribution is -2.21. The summed E-state index contributed by atoms with van der Waals surface area (Å²) in [6.07, 6.45) is 0. The zero-order valence-electron chi connectivity index (χ0n) is 18.7. The van der Waals surface area contributed by atoms with Crippen LogP contribution in [0.25, 0.3) is 22.6 Å². The van der Waals surface area contributed by atoms with Crippen molar-refractivity contribution in [3.63, 3.8) is 0 Å². The molecule has 168 valence electrons. The molecule has 1 aromatic heterocycles. The maximum atomic E-state index is 12.6. The van der Waals surface area contributed by atoms with Gasteiger partial charge >= 0.3 is 0 Å². The van der Waals surface area contributed by atoms with Crippen LogP contribution >= 0.6 is 0 Å². The predicted molar refractivity (Wildman–Crippen MR) is 129 cm³/mol. The fraction of sp³-hybridized carbons (Fsp3) is 0.200. The number of carbonyl (C=O) groups is 1. The summed E-state index contributed by atoms with van der Waals surface area (Å²) in [4.78, 5) is 30.1. The molecule has 33 heavy (non-hydrogen) atoms. The van der Waals surface area contributed by atoms with Gasteiger partial charge in [-0.05, 0) is 69.3 Å². The number of fused-ring (bicyclic) bond motifs is 1. The van der Waals surface area contributed by atoms with E-state index < -0.39 is 10.8 Å². The van der Waals surface area contributed by atoms with E-state index in [1.54, 1.807) is 37.3 Å². The summed E-state index contributed by atoms with van der Waals surface area (Å²) < 4.78 is 5.89. The maximum Gasteiger partial charge on any atom is 0.273 e. The van der Waals surface area contributed by atoms with Gasteiger partial charge in [-0.3, -0.25) is 14.9 Å². The standard InChI is InChI=1S/C25H24N4O4/c1-4-28(5-2)20-11-8-17(9-12-20)25-27-21-15-19(10-13-23(21)33-25)26-24(30)18-7-6-16(3)22(14-18)29(31)32/h6-15H,4-5H2,1-3H3,(H,26,30). The third-order valence-corrected chi connectivity index (χ3v) is 5.56. The molecule has 1 heterocycles. The van der Waals surface area contributed by atoms with Crippen molar-refractivity contribution in [1.29, 1.82) is 0 Å². The number of benzene rings is 3. The Morgan fingerprint density at radius 2 is 1.79 bits per heavy atom. The van der Waals surface area contributed by atoms with E-state index in [0.717, 1.165) is 24.3 Å². The third-order valence-electron chi connectivity index (χ3n) is 5.56. The van der Waals surface area contributed by atoms with Gasteiger partial charge in [0.2, 0.25) is 5.89 Å². The molecule has 0 aliphatic heterocycles. The second kappa shape index (κ2) is 9.12. The van der Waals surface area contributed by atoms with E-state index in [4.69, 9.17) is 4.42 Å². The number of nitrogens with zero attached hydrogens (tertiary/aromatic N) is 3. The largest absolute Gasteiger partial charge is 0.436 e. The van der Waals surface area contributed by atoms with E-state index in [2.05, 4.69) is 29.0 Å². The minimum Gasteiger partial charge on any atom is -0.436 e. The van der Waals surface area contributed by atoms with Gasteiger partial charge in [-0.15, -0.1) is 0 Å². The fourth-order valence-electron chi connectivity index (χ4n) is 3.68. The van der Waals surface area contributed by atoms with Crippen LogP contribution in [0, 0.1) is 17.0 Å². The molecule has 1 N–H and O–H groups in total. The van der Waals surface area contributed by atoms with Crippen molar-refractivity contribution >= 4 is 34.1 Å². The molecule has 0 saturated heterocycles. The van der Waals surface area contributed by atoms with Crippen molar-refractivity contribution in [2.24, 2.45) is 0 Å². The molecule has 0 fully saturated rings. The fourth-order valence-corrected chi connectivity index (χ4v) is 3.68. The highest BCUT2D eigenvalue weighted by molar-refractivity contribution is 6.05. The van der Waals surface area contributed by atoms with Crippen molar-refractivity contribution in [2.45, 2.75) is 20.8 Å². The van der Waals surface area contributed by atoms with Crippen molar-refractivity contribution in [3.05, 3.63) is 81.9 Å². The van der Waals surface area contributed by atoms with Gasteiger partial charge in [0.25, 0.3) is 11.6 Å². The van der Waals surface area contributed by atoms with Gasteiger partial charge in [-0.1, -0.05) is 6.07 Å². The van der Waals surface area contributed by atoms with Gasteiger partial charge in [0.1, 0.15) is 5.52 Å². The molecule has 0 aliphatic carbocycles. The number of aryl methyl sites for hydroxylation is 1. The van der Waals surface area contributed by atoms with Crippen LogP contribution in [0.4, 0.5) is 17.1 Å². The summed E-state index contributed by atoms with van der Waals surface area (Å²) in [5.74, 6) is 0.0573. The number of nitrogens with one attached hydrogen (secondary N) is 1. The molecule has 3 aromatic carbocycles. The Hall–Kier alpha value is -4.20. The lowest BCUT2D eigenvalue weighted by atomic mass is 10.1. The number of oxazole rings is 1. The average molecular weight is 444 g/mol. The Morgan fingerprint density at radius 1 is 1.06 bits per heavy atom. The van der Waals surface area contributed by atoms with Gasteiger partial charge < -0.3 is 14.6 Å². The summed E-state index contributed by atoms with van der Waals surface area (Å²) in [5, 5.41) is 13.9. The Morgan fingerprint density at radius 3 is 2.45 bits per heavy atom. The molecule has 8 heteroatoms. The van der Waals surface area contributed by atoms with Gasteiger partial charge in [0, 0.05) is 47.2 Å². The Kier molecular flexibility index (Phi) is 6.08. The van der Waals surface area contributed by atoms with Crippen molar-refractivity contribution in [3.8, 4) is 11.5 Å². The minimum atomic E-state index is -0.496. The summed E-state index contributed by atoms with van der Waals surface area (Å²) in [7, 11) is 0. The second-order valence-electron chi connectivity index (χ2n) is 7.63. The number of nitro groups is 1. The zero-order valence-corrected chi connectivity index (χ0v) is 18.7. The second-order valence-corrected chi connectivity index (χ2v) is 7.63. The van der Waals surface area contributed by atoms with Gasteiger partial charge in [-0.25, -0.2) is 4.98 Å². The number of hydrogen-bond acceptors (Lipinski definition) is 6. The molecule has 0 aliphatic rings. The molecule has 0 radical (unpaired) electrons. The van der Waals surface area contributed by atoms with E-state index in [-0.39, 0.29) is 11.3 Å². The van der Waals surface area contributed by atoms with Gasteiger partial charge in [-0.2, -0.15) is 0 Å². The molecule has 0 unspecified atom stereocenters. The van der Waals surface area contributed by atoms with Crippen LogP contribution < -0.4 is 10.2 Å². The molecule has 1 amide bonds. The molecule has 4 rings (SSSR count). The van der Waals surface area contributed by atoms with Crippen LogP contribution in [0.2, 0.25) is 0 Å². The highest BCUT2D eigenvalue weighted by Gasteiger charge is 2.16. The first kappa shape index (κ1) is 22.0. The van der Waals surface area contributed by atoms with Crippen LogP contribution in [0.5, 0.6) is 0 Å². The summed E-state index contributed by atoms with van der Waals surface area (Å²) >= 11 is 0. The quantitative estimate of drug-likeness (QED) is 0.285. The van der Waals surface area contributed by atoms with E-state index in [1.807, 2.05) is 24.3 Å². The first-order valence-electron chi connectivity index (χ1n) is 10.7. The van der Waals surface area contributed by atoms with Crippen LogP contribution in [-0.4, -0.2) is 28.9 Å². The number of anilines is 2. The first-order chi connectivity index (χ1) is 15.9. The Labute approximate surface area is 191 Å². The minimum absolute atomic E-state index is 0.0914. The molecule has 0 atom stereocenters. The summed E-state index contributed by atoms with van der Waals surface area (Å²) in [5.41, 5.74) is 4.34. The first-order valence-corrected chi connectivity index (χ1v) is 10.7. The number of rotatable bonds is 7. The summed E-state index contributed by atoms with van der Waals surface area (Å²) in [6.45, 7) is 7.74. The predicted octanol–water partition coefficient (Wildman–Crippen LogP) is 5.81. The Bertz CT molecular complexity index is 1320. The third kappa shape index (κ3) is 4.55. The van der Waals surface area contributed by atoms with Crippen LogP contribution in [0.1, 0.15) is 29.8 Å². The van der Waals surface area contributed by atoms with Gasteiger partial charge in [0.05, 0.1) is 4.92 Å².